The van der Waals surface area contributed by atoms with E-state index in [1.54, 1.807) is 7.11 Å². The zero-order valence-corrected chi connectivity index (χ0v) is 18.6. The second kappa shape index (κ2) is 8.79. The Morgan fingerprint density at radius 3 is 2.71 bits per heavy atom. The molecular formula is C25H32N2O4. The van der Waals surface area contributed by atoms with Crippen LogP contribution in [0.3, 0.4) is 0 Å². The normalized spacial score (nSPS) is 18.0. The minimum absolute atomic E-state index is 0.0584. The molecule has 0 bridgehead atoms. The summed E-state index contributed by atoms with van der Waals surface area (Å²) in [6, 6.07) is 14.7. The van der Waals surface area contributed by atoms with Crippen molar-refractivity contribution >= 4 is 11.7 Å². The molecule has 6 nitrogen and oxygen atoms in total. The number of aliphatic carboxylic acids is 1. The molecular weight excluding hydrogens is 392 g/mol. The van der Waals surface area contributed by atoms with Gasteiger partial charge in [0, 0.05) is 43.9 Å². The third-order valence-electron chi connectivity index (χ3n) is 6.25. The summed E-state index contributed by atoms with van der Waals surface area (Å²) in [5, 5.41) is 9.52. The molecule has 1 N–H and O–H groups in total. The summed E-state index contributed by atoms with van der Waals surface area (Å²) >= 11 is 0. The number of hydrogen-bond donors (Lipinski definition) is 1. The van der Waals surface area contributed by atoms with Gasteiger partial charge < -0.3 is 19.5 Å². The molecule has 31 heavy (non-hydrogen) atoms. The number of carboxylic acids is 1. The second-order valence-electron chi connectivity index (χ2n) is 9.20. The zero-order valence-electron chi connectivity index (χ0n) is 18.6. The molecule has 0 aliphatic carbocycles. The number of benzene rings is 2. The van der Waals surface area contributed by atoms with Crippen LogP contribution in [0.1, 0.15) is 37.8 Å². The summed E-state index contributed by atoms with van der Waals surface area (Å²) in [5.41, 5.74) is 3.35. The number of rotatable bonds is 7. The van der Waals surface area contributed by atoms with Crippen molar-refractivity contribution in [2.24, 2.45) is 0 Å². The Morgan fingerprint density at radius 1 is 1.23 bits per heavy atom. The molecule has 2 aliphatic rings. The first kappa shape index (κ1) is 21.5. The van der Waals surface area contributed by atoms with Gasteiger partial charge in [-0.2, -0.15) is 0 Å². The molecule has 0 saturated carbocycles. The van der Waals surface area contributed by atoms with Crippen molar-refractivity contribution < 1.29 is 19.4 Å². The lowest BCUT2D eigenvalue weighted by molar-refractivity contribution is -0.139. The van der Waals surface area contributed by atoms with Crippen LogP contribution in [0.15, 0.2) is 42.5 Å². The second-order valence-corrected chi connectivity index (χ2v) is 9.20. The Kier molecular flexibility index (Phi) is 6.10. The number of methoxy groups -OCH3 is 1. The standard InChI is InChI=1S/C25H32N2O4/c1-25(2)15-19-13-18(7-8-23(19)31-25)16-27(17-24(28)29)20-9-11-26(12-10-20)21-5-4-6-22(14-21)30-3/h4-8,13-14,20H,9-12,15-17H2,1-3H3,(H,28,29). The molecule has 0 radical (unpaired) electrons. The molecule has 0 aromatic heterocycles. The SMILES string of the molecule is COc1cccc(N2CCC(N(CC(=O)O)Cc3ccc4c(c3)CC(C)(C)O4)CC2)c1. The van der Waals surface area contributed by atoms with Gasteiger partial charge in [-0.1, -0.05) is 18.2 Å². The summed E-state index contributed by atoms with van der Waals surface area (Å²) in [4.78, 5) is 16.1. The van der Waals surface area contributed by atoms with Crippen molar-refractivity contribution in [2.75, 3.05) is 31.6 Å². The van der Waals surface area contributed by atoms with E-state index in [2.05, 4.69) is 47.9 Å². The summed E-state index contributed by atoms with van der Waals surface area (Å²) < 4.78 is 11.3. The van der Waals surface area contributed by atoms with Crippen molar-refractivity contribution in [1.29, 1.82) is 0 Å². The van der Waals surface area contributed by atoms with Crippen LogP contribution in [0.4, 0.5) is 5.69 Å². The monoisotopic (exact) mass is 424 g/mol. The number of piperidine rings is 1. The van der Waals surface area contributed by atoms with Crippen LogP contribution in [0.25, 0.3) is 0 Å². The largest absolute Gasteiger partial charge is 0.497 e. The quantitative estimate of drug-likeness (QED) is 0.726. The Balaban J connectivity index is 1.43. The third-order valence-corrected chi connectivity index (χ3v) is 6.25. The maximum absolute atomic E-state index is 11.6. The van der Waals surface area contributed by atoms with Gasteiger partial charge in [0.25, 0.3) is 0 Å². The first-order valence-electron chi connectivity index (χ1n) is 11.0. The number of hydrogen-bond acceptors (Lipinski definition) is 5. The highest BCUT2D eigenvalue weighted by atomic mass is 16.5. The lowest BCUT2D eigenvalue weighted by Crippen LogP contribution is -2.46. The van der Waals surface area contributed by atoms with Crippen LogP contribution in [0.5, 0.6) is 11.5 Å². The molecule has 1 saturated heterocycles. The van der Waals surface area contributed by atoms with Crippen molar-refractivity contribution in [3.8, 4) is 11.5 Å². The first-order valence-corrected chi connectivity index (χ1v) is 11.0. The highest BCUT2D eigenvalue weighted by Crippen LogP contribution is 2.35. The molecule has 0 atom stereocenters. The molecule has 166 valence electrons. The molecule has 4 rings (SSSR count). The van der Waals surface area contributed by atoms with Crippen LogP contribution in [0.2, 0.25) is 0 Å². The molecule has 2 aliphatic heterocycles. The van der Waals surface area contributed by atoms with Crippen molar-refractivity contribution in [2.45, 2.75) is 51.3 Å². The predicted octanol–water partition coefficient (Wildman–Crippen LogP) is 3.96. The molecule has 1 fully saturated rings. The Morgan fingerprint density at radius 2 is 2.00 bits per heavy atom. The lowest BCUT2D eigenvalue weighted by atomic mass is 9.98. The van der Waals surface area contributed by atoms with Gasteiger partial charge in [-0.3, -0.25) is 9.69 Å². The molecule has 2 aromatic rings. The molecule has 6 heteroatoms. The number of carboxylic acid groups (broad SMARTS) is 1. The molecule has 0 amide bonds. The van der Waals surface area contributed by atoms with E-state index in [4.69, 9.17) is 9.47 Å². The van der Waals surface area contributed by atoms with Gasteiger partial charge in [-0.25, -0.2) is 0 Å². The summed E-state index contributed by atoms with van der Waals surface area (Å²) in [6.07, 6.45) is 2.76. The van der Waals surface area contributed by atoms with Crippen LogP contribution in [-0.2, 0) is 17.8 Å². The minimum Gasteiger partial charge on any atom is -0.497 e. The van der Waals surface area contributed by atoms with Gasteiger partial charge in [-0.05, 0) is 56.0 Å². The van der Waals surface area contributed by atoms with Gasteiger partial charge >= 0.3 is 5.97 Å². The average Bonchev–Trinajstić information content (AvgIpc) is 3.06. The predicted molar refractivity (Wildman–Crippen MR) is 121 cm³/mol. The smallest absolute Gasteiger partial charge is 0.317 e. The highest BCUT2D eigenvalue weighted by molar-refractivity contribution is 5.69. The van der Waals surface area contributed by atoms with Gasteiger partial charge in [0.2, 0.25) is 0 Å². The highest BCUT2D eigenvalue weighted by Gasteiger charge is 2.31. The lowest BCUT2D eigenvalue weighted by Gasteiger charge is -2.39. The van der Waals surface area contributed by atoms with Gasteiger partial charge in [0.1, 0.15) is 17.1 Å². The summed E-state index contributed by atoms with van der Waals surface area (Å²) in [6.45, 7) is 6.70. The average molecular weight is 425 g/mol. The molecule has 2 aromatic carbocycles. The van der Waals surface area contributed by atoms with E-state index in [1.165, 1.54) is 5.56 Å². The van der Waals surface area contributed by atoms with Crippen LogP contribution in [-0.4, -0.2) is 54.4 Å². The van der Waals surface area contributed by atoms with Crippen LogP contribution < -0.4 is 14.4 Å². The van der Waals surface area contributed by atoms with Crippen LogP contribution >= 0.6 is 0 Å². The number of anilines is 1. The van der Waals surface area contributed by atoms with Gasteiger partial charge in [0.05, 0.1) is 13.7 Å². The Bertz CT molecular complexity index is 935. The molecule has 0 spiro atoms. The Hall–Kier alpha value is -2.73. The molecule has 0 unspecified atom stereocenters. The number of nitrogens with zero attached hydrogens (tertiary/aromatic N) is 2. The fraction of sp³-hybridized carbons (Fsp3) is 0.480. The van der Waals surface area contributed by atoms with Crippen LogP contribution in [0, 0.1) is 0 Å². The van der Waals surface area contributed by atoms with Gasteiger partial charge in [0.15, 0.2) is 0 Å². The number of carbonyl (C=O) groups is 1. The van der Waals surface area contributed by atoms with E-state index < -0.39 is 5.97 Å². The topological polar surface area (TPSA) is 62.2 Å². The van der Waals surface area contributed by atoms with E-state index in [1.807, 2.05) is 18.2 Å². The van der Waals surface area contributed by atoms with Crippen molar-refractivity contribution in [3.05, 3.63) is 53.6 Å². The van der Waals surface area contributed by atoms with E-state index in [0.717, 1.165) is 55.1 Å². The van der Waals surface area contributed by atoms with E-state index >= 15 is 0 Å². The van der Waals surface area contributed by atoms with E-state index in [9.17, 15) is 9.90 Å². The first-order chi connectivity index (χ1) is 14.8. The van der Waals surface area contributed by atoms with E-state index in [-0.39, 0.29) is 18.2 Å². The van der Waals surface area contributed by atoms with Crippen molar-refractivity contribution in [1.82, 2.24) is 4.90 Å². The zero-order chi connectivity index (χ0) is 22.0. The fourth-order valence-electron chi connectivity index (χ4n) is 4.78. The maximum atomic E-state index is 11.6. The number of ether oxygens (including phenoxy) is 2. The van der Waals surface area contributed by atoms with E-state index in [0.29, 0.717) is 6.54 Å². The van der Waals surface area contributed by atoms with Crippen molar-refractivity contribution in [3.63, 3.8) is 0 Å². The summed E-state index contributed by atoms with van der Waals surface area (Å²) in [5.74, 6) is 1.03. The molecule has 2 heterocycles. The van der Waals surface area contributed by atoms with Gasteiger partial charge in [-0.15, -0.1) is 0 Å². The summed E-state index contributed by atoms with van der Waals surface area (Å²) in [7, 11) is 1.68. The number of fused-ring (bicyclic) bond motifs is 1. The third kappa shape index (κ3) is 5.13. The maximum Gasteiger partial charge on any atom is 0.317 e. The Labute approximate surface area is 184 Å². The minimum atomic E-state index is -0.777. The fourth-order valence-corrected chi connectivity index (χ4v) is 4.78.